The standard InChI is InChI=1S/C19H22N2O3S/c1-3-23-17-10-5-7-14(11-17)13-20-19(25)21-16-9-6-8-15(12-16)18(22)24-4-2/h5-12H,3-4,13H2,1-2H3,(H2,20,21,25). The minimum Gasteiger partial charge on any atom is -0.494 e. The number of esters is 1. The molecule has 0 aliphatic heterocycles. The Kier molecular flexibility index (Phi) is 7.22. The molecule has 2 aromatic carbocycles. The van der Waals surface area contributed by atoms with Crippen LogP contribution in [0, 0.1) is 0 Å². The van der Waals surface area contributed by atoms with E-state index in [0.29, 0.717) is 30.4 Å². The molecule has 0 amide bonds. The van der Waals surface area contributed by atoms with Crippen LogP contribution in [0.5, 0.6) is 5.75 Å². The maximum Gasteiger partial charge on any atom is 0.338 e. The zero-order valence-electron chi connectivity index (χ0n) is 14.4. The molecule has 0 fully saturated rings. The molecule has 0 saturated carbocycles. The van der Waals surface area contributed by atoms with Crippen molar-refractivity contribution in [3.63, 3.8) is 0 Å². The molecule has 0 aromatic heterocycles. The zero-order valence-corrected chi connectivity index (χ0v) is 15.2. The summed E-state index contributed by atoms with van der Waals surface area (Å²) in [7, 11) is 0. The Bertz CT molecular complexity index is 734. The molecule has 5 nitrogen and oxygen atoms in total. The lowest BCUT2D eigenvalue weighted by atomic mass is 10.2. The second kappa shape index (κ2) is 9.64. The van der Waals surface area contributed by atoms with Crippen LogP contribution >= 0.6 is 12.2 Å². The number of hydrogen-bond acceptors (Lipinski definition) is 4. The summed E-state index contributed by atoms with van der Waals surface area (Å²) in [5, 5.41) is 6.68. The van der Waals surface area contributed by atoms with Gasteiger partial charge in [-0.25, -0.2) is 4.79 Å². The van der Waals surface area contributed by atoms with Crippen LogP contribution < -0.4 is 15.4 Å². The van der Waals surface area contributed by atoms with Crippen LogP contribution in [-0.2, 0) is 11.3 Å². The average molecular weight is 358 g/mol. The summed E-state index contributed by atoms with van der Waals surface area (Å²) >= 11 is 5.31. The highest BCUT2D eigenvalue weighted by Crippen LogP contribution is 2.14. The predicted molar refractivity (Wildman–Crippen MR) is 103 cm³/mol. The summed E-state index contributed by atoms with van der Waals surface area (Å²) in [6, 6.07) is 14.9. The van der Waals surface area contributed by atoms with Gasteiger partial charge in [0.15, 0.2) is 5.11 Å². The number of hydrogen-bond donors (Lipinski definition) is 2. The molecule has 25 heavy (non-hydrogen) atoms. The van der Waals surface area contributed by atoms with E-state index in [9.17, 15) is 4.79 Å². The van der Waals surface area contributed by atoms with Crippen molar-refractivity contribution in [3.8, 4) is 5.75 Å². The highest BCUT2D eigenvalue weighted by atomic mass is 32.1. The van der Waals surface area contributed by atoms with Crippen LogP contribution in [0.1, 0.15) is 29.8 Å². The number of carbonyl (C=O) groups is 1. The molecule has 0 radical (unpaired) electrons. The first kappa shape index (κ1) is 18.7. The molecule has 2 N–H and O–H groups in total. The van der Waals surface area contributed by atoms with Gasteiger partial charge in [0.05, 0.1) is 18.8 Å². The smallest absolute Gasteiger partial charge is 0.338 e. The Balaban J connectivity index is 1.91. The monoisotopic (exact) mass is 358 g/mol. The van der Waals surface area contributed by atoms with E-state index in [0.717, 1.165) is 17.0 Å². The lowest BCUT2D eigenvalue weighted by Crippen LogP contribution is -2.28. The zero-order chi connectivity index (χ0) is 18.1. The molecule has 0 saturated heterocycles. The van der Waals surface area contributed by atoms with Crippen molar-refractivity contribution < 1.29 is 14.3 Å². The van der Waals surface area contributed by atoms with Crippen LogP contribution in [-0.4, -0.2) is 24.3 Å². The second-order valence-corrected chi connectivity index (χ2v) is 5.60. The van der Waals surface area contributed by atoms with E-state index in [1.165, 1.54) is 0 Å². The summed E-state index contributed by atoms with van der Waals surface area (Å²) in [5.74, 6) is 0.487. The first-order valence-corrected chi connectivity index (χ1v) is 8.57. The number of nitrogens with one attached hydrogen (secondary N) is 2. The summed E-state index contributed by atoms with van der Waals surface area (Å²) in [4.78, 5) is 11.8. The highest BCUT2D eigenvalue weighted by Gasteiger charge is 2.07. The van der Waals surface area contributed by atoms with Crippen LogP contribution in [0.25, 0.3) is 0 Å². The Morgan fingerprint density at radius 3 is 2.64 bits per heavy atom. The quantitative estimate of drug-likeness (QED) is 0.581. The number of carbonyl (C=O) groups excluding carboxylic acids is 1. The average Bonchev–Trinajstić information content (AvgIpc) is 2.61. The van der Waals surface area contributed by atoms with Gasteiger partial charge in [0.1, 0.15) is 5.75 Å². The van der Waals surface area contributed by atoms with Gasteiger partial charge in [0.2, 0.25) is 0 Å². The van der Waals surface area contributed by atoms with Crippen molar-refractivity contribution in [1.29, 1.82) is 0 Å². The Morgan fingerprint density at radius 1 is 1.08 bits per heavy atom. The van der Waals surface area contributed by atoms with E-state index in [-0.39, 0.29) is 5.97 Å². The van der Waals surface area contributed by atoms with Gasteiger partial charge in [-0.2, -0.15) is 0 Å². The lowest BCUT2D eigenvalue weighted by molar-refractivity contribution is 0.0526. The molecule has 0 atom stereocenters. The van der Waals surface area contributed by atoms with Crippen LogP contribution in [0.15, 0.2) is 48.5 Å². The van der Waals surface area contributed by atoms with Gasteiger partial charge in [0.25, 0.3) is 0 Å². The maximum atomic E-state index is 11.8. The van der Waals surface area contributed by atoms with Gasteiger partial charge in [-0.1, -0.05) is 18.2 Å². The Morgan fingerprint density at radius 2 is 1.88 bits per heavy atom. The van der Waals surface area contributed by atoms with Crippen molar-refractivity contribution in [1.82, 2.24) is 5.32 Å². The molecule has 0 aliphatic carbocycles. The maximum absolute atomic E-state index is 11.8. The number of ether oxygens (including phenoxy) is 2. The molecule has 0 heterocycles. The third kappa shape index (κ3) is 6.08. The van der Waals surface area contributed by atoms with E-state index < -0.39 is 0 Å². The van der Waals surface area contributed by atoms with Gasteiger partial charge in [-0.05, 0) is 62.0 Å². The Labute approximate surface area is 153 Å². The predicted octanol–water partition coefficient (Wildman–Crippen LogP) is 3.75. The fraction of sp³-hybridized carbons (Fsp3) is 0.263. The van der Waals surface area contributed by atoms with Crippen LogP contribution in [0.4, 0.5) is 5.69 Å². The van der Waals surface area contributed by atoms with E-state index in [1.54, 1.807) is 25.1 Å². The van der Waals surface area contributed by atoms with Crippen molar-refractivity contribution in [2.75, 3.05) is 18.5 Å². The van der Waals surface area contributed by atoms with Crippen molar-refractivity contribution in [3.05, 3.63) is 59.7 Å². The summed E-state index contributed by atoms with van der Waals surface area (Å²) in [6.45, 7) is 5.28. The minimum atomic E-state index is -0.349. The normalized spacial score (nSPS) is 10.0. The fourth-order valence-corrected chi connectivity index (χ4v) is 2.40. The van der Waals surface area contributed by atoms with E-state index in [1.807, 2.05) is 37.3 Å². The van der Waals surface area contributed by atoms with Gasteiger partial charge in [-0.3, -0.25) is 0 Å². The minimum absolute atomic E-state index is 0.345. The van der Waals surface area contributed by atoms with Crippen LogP contribution in [0.3, 0.4) is 0 Å². The molecule has 0 spiro atoms. The van der Waals surface area contributed by atoms with Crippen molar-refractivity contribution in [2.45, 2.75) is 20.4 Å². The van der Waals surface area contributed by atoms with E-state index in [4.69, 9.17) is 21.7 Å². The fourth-order valence-electron chi connectivity index (χ4n) is 2.21. The number of thiocarbonyl (C=S) groups is 1. The molecule has 0 unspecified atom stereocenters. The molecular formula is C19H22N2O3S. The SMILES string of the molecule is CCOC(=O)c1cccc(NC(=S)NCc2cccc(OCC)c2)c1. The molecule has 0 bridgehead atoms. The Hall–Kier alpha value is -2.60. The van der Waals surface area contributed by atoms with E-state index in [2.05, 4.69) is 10.6 Å². The summed E-state index contributed by atoms with van der Waals surface area (Å²) in [5.41, 5.74) is 2.28. The summed E-state index contributed by atoms with van der Waals surface area (Å²) < 4.78 is 10.5. The molecule has 2 rings (SSSR count). The third-order valence-electron chi connectivity index (χ3n) is 3.29. The van der Waals surface area contributed by atoms with Gasteiger partial charge in [0, 0.05) is 12.2 Å². The van der Waals surface area contributed by atoms with Crippen molar-refractivity contribution in [2.24, 2.45) is 0 Å². The van der Waals surface area contributed by atoms with Gasteiger partial charge >= 0.3 is 5.97 Å². The van der Waals surface area contributed by atoms with Gasteiger partial charge in [-0.15, -0.1) is 0 Å². The molecular weight excluding hydrogens is 336 g/mol. The first-order chi connectivity index (χ1) is 12.1. The highest BCUT2D eigenvalue weighted by molar-refractivity contribution is 7.80. The largest absolute Gasteiger partial charge is 0.494 e. The molecule has 0 aliphatic rings. The number of anilines is 1. The topological polar surface area (TPSA) is 59.6 Å². The van der Waals surface area contributed by atoms with Crippen molar-refractivity contribution >= 4 is 29.0 Å². The molecule has 2 aromatic rings. The lowest BCUT2D eigenvalue weighted by Gasteiger charge is -2.12. The molecule has 132 valence electrons. The first-order valence-electron chi connectivity index (χ1n) is 8.16. The summed E-state index contributed by atoms with van der Waals surface area (Å²) in [6.07, 6.45) is 0. The number of rotatable bonds is 7. The third-order valence-corrected chi connectivity index (χ3v) is 3.54. The number of benzene rings is 2. The second-order valence-electron chi connectivity index (χ2n) is 5.19. The molecule has 6 heteroatoms. The van der Waals surface area contributed by atoms with E-state index >= 15 is 0 Å². The van der Waals surface area contributed by atoms with Crippen LogP contribution in [0.2, 0.25) is 0 Å². The van der Waals surface area contributed by atoms with Gasteiger partial charge < -0.3 is 20.1 Å².